The predicted molar refractivity (Wildman–Crippen MR) is 119 cm³/mol. The molecule has 0 unspecified atom stereocenters. The molecular formula is C24H32N4O4. The summed E-state index contributed by atoms with van der Waals surface area (Å²) >= 11 is 0. The van der Waals surface area contributed by atoms with Gasteiger partial charge in [0.05, 0.1) is 17.9 Å². The maximum Gasteiger partial charge on any atom is 0.338 e. The molecule has 172 valence electrons. The van der Waals surface area contributed by atoms with Crippen LogP contribution in [0.5, 0.6) is 0 Å². The van der Waals surface area contributed by atoms with Gasteiger partial charge in [0.1, 0.15) is 5.69 Å². The van der Waals surface area contributed by atoms with Gasteiger partial charge in [-0.1, -0.05) is 0 Å². The number of nitrogens with one attached hydrogen (secondary N) is 1. The van der Waals surface area contributed by atoms with Crippen molar-refractivity contribution in [2.24, 2.45) is 5.41 Å². The standard InChI is InChI=1S/C24H32N4O4/c1-4-28-21-19(14-24(15-25-22(21)29)7-10-31-11-8-24)20(27-28)6-5-9-32-23(30)18-12-16(2)26-17(3)13-18/h12-13H,4-11,14-15H2,1-3H3,(H,25,29). The molecule has 2 aromatic heterocycles. The Bertz CT molecular complexity index is 987. The van der Waals surface area contributed by atoms with E-state index >= 15 is 0 Å². The summed E-state index contributed by atoms with van der Waals surface area (Å²) in [6.07, 6.45) is 4.02. The van der Waals surface area contributed by atoms with Crippen molar-refractivity contribution in [1.29, 1.82) is 0 Å². The number of hydrogen-bond acceptors (Lipinski definition) is 6. The number of amides is 1. The van der Waals surface area contributed by atoms with Crippen molar-refractivity contribution in [2.75, 3.05) is 26.4 Å². The first-order chi connectivity index (χ1) is 15.4. The number of carbonyl (C=O) groups is 2. The third-order valence-corrected chi connectivity index (χ3v) is 6.49. The highest BCUT2D eigenvalue weighted by molar-refractivity contribution is 5.94. The lowest BCUT2D eigenvalue weighted by atomic mass is 9.75. The summed E-state index contributed by atoms with van der Waals surface area (Å²) in [6, 6.07) is 3.48. The van der Waals surface area contributed by atoms with Gasteiger partial charge in [-0.05, 0) is 70.4 Å². The van der Waals surface area contributed by atoms with Gasteiger partial charge in [0.15, 0.2) is 0 Å². The maximum absolute atomic E-state index is 12.9. The average molecular weight is 441 g/mol. The molecule has 0 bridgehead atoms. The Morgan fingerprint density at radius 3 is 2.66 bits per heavy atom. The molecule has 4 rings (SSSR count). The number of ether oxygens (including phenoxy) is 2. The van der Waals surface area contributed by atoms with Crippen LogP contribution in [0.2, 0.25) is 0 Å². The summed E-state index contributed by atoms with van der Waals surface area (Å²) in [4.78, 5) is 29.6. The van der Waals surface area contributed by atoms with E-state index in [4.69, 9.17) is 14.6 Å². The molecule has 8 heteroatoms. The van der Waals surface area contributed by atoms with E-state index in [1.807, 2.05) is 25.5 Å². The number of nitrogens with zero attached hydrogens (tertiary/aromatic N) is 3. The number of pyridine rings is 1. The fraction of sp³-hybridized carbons (Fsp3) is 0.583. The van der Waals surface area contributed by atoms with Crippen LogP contribution in [0.3, 0.4) is 0 Å². The zero-order valence-corrected chi connectivity index (χ0v) is 19.2. The van der Waals surface area contributed by atoms with Crippen LogP contribution in [-0.4, -0.2) is 53.0 Å². The van der Waals surface area contributed by atoms with Crippen molar-refractivity contribution in [2.45, 2.75) is 59.4 Å². The predicted octanol–water partition coefficient (Wildman–Crippen LogP) is 2.79. The zero-order valence-electron chi connectivity index (χ0n) is 19.2. The van der Waals surface area contributed by atoms with Gasteiger partial charge in [0, 0.05) is 43.3 Å². The molecular weight excluding hydrogens is 408 g/mol. The molecule has 0 radical (unpaired) electrons. The van der Waals surface area contributed by atoms with Crippen LogP contribution in [0.1, 0.15) is 69.7 Å². The van der Waals surface area contributed by atoms with Crippen LogP contribution >= 0.6 is 0 Å². The number of esters is 1. The minimum atomic E-state index is -0.336. The smallest absolute Gasteiger partial charge is 0.338 e. The van der Waals surface area contributed by atoms with Crippen LogP contribution in [0, 0.1) is 19.3 Å². The number of fused-ring (bicyclic) bond motifs is 1. The van der Waals surface area contributed by atoms with Gasteiger partial charge in [0.25, 0.3) is 5.91 Å². The van der Waals surface area contributed by atoms with Crippen LogP contribution in [0.25, 0.3) is 0 Å². The van der Waals surface area contributed by atoms with Crippen molar-refractivity contribution < 1.29 is 19.1 Å². The second-order valence-corrected chi connectivity index (χ2v) is 8.94. The first kappa shape index (κ1) is 22.5. The van der Waals surface area contributed by atoms with Crippen LogP contribution in [0.4, 0.5) is 0 Å². The Hall–Kier alpha value is -2.74. The van der Waals surface area contributed by atoms with E-state index in [1.165, 1.54) is 0 Å². The van der Waals surface area contributed by atoms with Crippen molar-refractivity contribution in [3.8, 4) is 0 Å². The van der Waals surface area contributed by atoms with E-state index in [0.29, 0.717) is 43.8 Å². The Morgan fingerprint density at radius 1 is 1.25 bits per heavy atom. The first-order valence-electron chi connectivity index (χ1n) is 11.5. The molecule has 0 saturated carbocycles. The Balaban J connectivity index is 1.45. The molecule has 2 aliphatic rings. The molecule has 1 fully saturated rings. The average Bonchev–Trinajstić information content (AvgIpc) is 3.05. The number of carbonyl (C=O) groups excluding carboxylic acids is 2. The summed E-state index contributed by atoms with van der Waals surface area (Å²) in [5.74, 6) is -0.379. The lowest BCUT2D eigenvalue weighted by Crippen LogP contribution is -2.40. The highest BCUT2D eigenvalue weighted by atomic mass is 16.5. The molecule has 8 nitrogen and oxygen atoms in total. The van der Waals surface area contributed by atoms with Crippen molar-refractivity contribution in [3.63, 3.8) is 0 Å². The number of aryl methyl sites for hydroxylation is 4. The minimum absolute atomic E-state index is 0.0268. The summed E-state index contributed by atoms with van der Waals surface area (Å²) in [7, 11) is 0. The van der Waals surface area contributed by atoms with Gasteiger partial charge in [-0.2, -0.15) is 5.10 Å². The SMILES string of the molecule is CCn1nc(CCCOC(=O)c2cc(C)nc(C)c2)c2c1C(=O)NCC1(CCOCC1)C2. The molecule has 1 spiro atoms. The molecule has 0 atom stereocenters. The molecule has 2 aliphatic heterocycles. The lowest BCUT2D eigenvalue weighted by molar-refractivity contribution is 0.0160. The Morgan fingerprint density at radius 2 is 1.97 bits per heavy atom. The topological polar surface area (TPSA) is 95.3 Å². The molecule has 1 amide bonds. The third-order valence-electron chi connectivity index (χ3n) is 6.49. The van der Waals surface area contributed by atoms with Gasteiger partial charge in [0.2, 0.25) is 0 Å². The van der Waals surface area contributed by atoms with Crippen molar-refractivity contribution in [1.82, 2.24) is 20.1 Å². The fourth-order valence-corrected chi connectivity index (χ4v) is 4.81. The van der Waals surface area contributed by atoms with E-state index in [9.17, 15) is 9.59 Å². The molecule has 4 heterocycles. The van der Waals surface area contributed by atoms with E-state index in [1.54, 1.807) is 12.1 Å². The van der Waals surface area contributed by atoms with Crippen LogP contribution < -0.4 is 5.32 Å². The first-order valence-corrected chi connectivity index (χ1v) is 11.5. The molecule has 1 saturated heterocycles. The van der Waals surface area contributed by atoms with Gasteiger partial charge >= 0.3 is 5.97 Å². The molecule has 1 N–H and O–H groups in total. The molecule has 2 aromatic rings. The minimum Gasteiger partial charge on any atom is -0.462 e. The maximum atomic E-state index is 12.9. The van der Waals surface area contributed by atoms with E-state index in [-0.39, 0.29) is 17.3 Å². The lowest BCUT2D eigenvalue weighted by Gasteiger charge is -2.36. The second kappa shape index (κ2) is 9.40. The van der Waals surface area contributed by atoms with Gasteiger partial charge in [-0.3, -0.25) is 14.5 Å². The highest BCUT2D eigenvalue weighted by Gasteiger charge is 2.39. The van der Waals surface area contributed by atoms with Gasteiger partial charge in [-0.25, -0.2) is 4.79 Å². The second-order valence-electron chi connectivity index (χ2n) is 8.94. The van der Waals surface area contributed by atoms with Crippen LogP contribution in [0.15, 0.2) is 12.1 Å². The van der Waals surface area contributed by atoms with Crippen molar-refractivity contribution in [3.05, 3.63) is 46.0 Å². The largest absolute Gasteiger partial charge is 0.462 e. The third kappa shape index (κ3) is 4.70. The van der Waals surface area contributed by atoms with Gasteiger partial charge in [-0.15, -0.1) is 0 Å². The van der Waals surface area contributed by atoms with Gasteiger partial charge < -0.3 is 14.8 Å². The monoisotopic (exact) mass is 440 g/mol. The number of rotatable bonds is 6. The summed E-state index contributed by atoms with van der Waals surface area (Å²) < 4.78 is 12.9. The summed E-state index contributed by atoms with van der Waals surface area (Å²) in [5.41, 5.74) is 4.82. The van der Waals surface area contributed by atoms with E-state index in [2.05, 4.69) is 10.3 Å². The molecule has 0 aromatic carbocycles. The Labute approximate surface area is 188 Å². The molecule has 0 aliphatic carbocycles. The quantitative estimate of drug-likeness (QED) is 0.548. The van der Waals surface area contributed by atoms with E-state index < -0.39 is 0 Å². The van der Waals surface area contributed by atoms with E-state index in [0.717, 1.165) is 55.1 Å². The Kier molecular flexibility index (Phi) is 6.60. The van der Waals surface area contributed by atoms with Crippen molar-refractivity contribution >= 4 is 11.9 Å². The zero-order chi connectivity index (χ0) is 22.7. The fourth-order valence-electron chi connectivity index (χ4n) is 4.81. The van der Waals surface area contributed by atoms with Crippen LogP contribution in [-0.2, 0) is 28.9 Å². The normalized spacial score (nSPS) is 17.5. The number of hydrogen-bond donors (Lipinski definition) is 1. The molecule has 32 heavy (non-hydrogen) atoms. The highest BCUT2D eigenvalue weighted by Crippen LogP contribution is 2.37. The summed E-state index contributed by atoms with van der Waals surface area (Å²) in [6.45, 7) is 8.80. The number of aromatic nitrogens is 3. The summed E-state index contributed by atoms with van der Waals surface area (Å²) in [5, 5.41) is 7.88.